The summed E-state index contributed by atoms with van der Waals surface area (Å²) in [4.78, 5) is 22.6. The molecule has 0 spiro atoms. The number of thiocarbonyl (C=S) groups is 1. The summed E-state index contributed by atoms with van der Waals surface area (Å²) in [6.45, 7) is 13.0. The molecule has 0 saturated heterocycles. The molecule has 0 heterocycles. The van der Waals surface area contributed by atoms with E-state index < -0.39 is 17.3 Å². The topological polar surface area (TPSA) is 69.5 Å². The molecule has 0 aromatic carbocycles. The highest BCUT2D eigenvalue weighted by Crippen LogP contribution is 2.28. The van der Waals surface area contributed by atoms with Gasteiger partial charge >= 0.3 is 5.97 Å². The standard InChI is InChI=1S/C19H30N2O4S/c1-17(2,3)20-21-19(7,23-14-10-8-9-11-15(14)26)13-12-16(22)24-25-18(4,5)6/h8-10H,11-13H2,1-7H3. The maximum absolute atomic E-state index is 12.0. The molecular weight excluding hydrogens is 352 g/mol. The van der Waals surface area contributed by atoms with Gasteiger partial charge < -0.3 is 4.74 Å². The van der Waals surface area contributed by atoms with E-state index in [2.05, 4.69) is 10.2 Å². The van der Waals surface area contributed by atoms with Crippen molar-refractivity contribution in [2.75, 3.05) is 0 Å². The van der Waals surface area contributed by atoms with E-state index in [1.165, 1.54) is 0 Å². The number of hydrogen-bond donors (Lipinski definition) is 0. The Kier molecular flexibility index (Phi) is 7.65. The largest absolute Gasteiger partial charge is 0.464 e. The zero-order chi connectivity index (χ0) is 20.0. The molecule has 1 unspecified atom stereocenters. The van der Waals surface area contributed by atoms with Gasteiger partial charge in [-0.1, -0.05) is 24.4 Å². The fourth-order valence-corrected chi connectivity index (χ4v) is 1.98. The van der Waals surface area contributed by atoms with Gasteiger partial charge in [0.2, 0.25) is 5.72 Å². The molecule has 0 saturated carbocycles. The summed E-state index contributed by atoms with van der Waals surface area (Å²) < 4.78 is 6.04. The Bertz CT molecular complexity index is 612. The van der Waals surface area contributed by atoms with E-state index >= 15 is 0 Å². The first kappa shape index (κ1) is 22.4. The normalized spacial score (nSPS) is 17.8. The summed E-state index contributed by atoms with van der Waals surface area (Å²) in [7, 11) is 0. The second kappa shape index (κ2) is 8.86. The molecule has 0 aromatic heterocycles. The van der Waals surface area contributed by atoms with Crippen LogP contribution in [0.3, 0.4) is 0 Å². The highest BCUT2D eigenvalue weighted by Gasteiger charge is 2.31. The minimum Gasteiger partial charge on any atom is -0.464 e. The predicted molar refractivity (Wildman–Crippen MR) is 105 cm³/mol. The first-order valence-electron chi connectivity index (χ1n) is 8.71. The van der Waals surface area contributed by atoms with Crippen molar-refractivity contribution in [3.8, 4) is 0 Å². The van der Waals surface area contributed by atoms with E-state index in [-0.39, 0.29) is 18.4 Å². The van der Waals surface area contributed by atoms with Crippen molar-refractivity contribution in [1.29, 1.82) is 0 Å². The van der Waals surface area contributed by atoms with Gasteiger partial charge in [0, 0.05) is 12.8 Å². The van der Waals surface area contributed by atoms with Crippen LogP contribution in [0.25, 0.3) is 0 Å². The van der Waals surface area contributed by atoms with Crippen molar-refractivity contribution in [1.82, 2.24) is 0 Å². The van der Waals surface area contributed by atoms with Gasteiger partial charge in [0.1, 0.15) is 11.4 Å². The zero-order valence-corrected chi connectivity index (χ0v) is 17.6. The van der Waals surface area contributed by atoms with Crippen molar-refractivity contribution in [3.05, 3.63) is 24.0 Å². The molecule has 7 heteroatoms. The lowest BCUT2D eigenvalue weighted by Crippen LogP contribution is -2.30. The predicted octanol–water partition coefficient (Wildman–Crippen LogP) is 5.24. The third kappa shape index (κ3) is 9.20. The Hall–Kier alpha value is -1.60. The van der Waals surface area contributed by atoms with Crippen LogP contribution in [-0.4, -0.2) is 27.7 Å². The number of carbonyl (C=O) groups excluding carboxylic acids is 1. The molecule has 1 aliphatic carbocycles. The van der Waals surface area contributed by atoms with Crippen molar-refractivity contribution < 1.29 is 19.3 Å². The average molecular weight is 383 g/mol. The first-order chi connectivity index (χ1) is 11.8. The number of allylic oxidation sites excluding steroid dienone is 4. The molecular formula is C19H30N2O4S. The Morgan fingerprint density at radius 3 is 2.35 bits per heavy atom. The maximum atomic E-state index is 12.0. The molecule has 0 aliphatic heterocycles. The quantitative estimate of drug-likeness (QED) is 0.261. The smallest absolute Gasteiger partial charge is 0.342 e. The molecule has 1 rings (SSSR count). The van der Waals surface area contributed by atoms with Gasteiger partial charge in [0.25, 0.3) is 0 Å². The van der Waals surface area contributed by atoms with E-state index in [1.807, 2.05) is 32.9 Å². The summed E-state index contributed by atoms with van der Waals surface area (Å²) in [5, 5.41) is 8.68. The molecule has 146 valence electrons. The minimum absolute atomic E-state index is 0.0750. The zero-order valence-electron chi connectivity index (χ0n) is 16.8. The molecule has 0 N–H and O–H groups in total. The summed E-state index contributed by atoms with van der Waals surface area (Å²) in [5.74, 6) is 0.0953. The summed E-state index contributed by atoms with van der Waals surface area (Å²) >= 11 is 5.34. The maximum Gasteiger partial charge on any atom is 0.342 e. The number of hydrogen-bond acceptors (Lipinski definition) is 7. The Labute approximate surface area is 161 Å². The van der Waals surface area contributed by atoms with E-state index in [9.17, 15) is 4.79 Å². The van der Waals surface area contributed by atoms with Crippen molar-refractivity contribution in [2.45, 2.75) is 84.6 Å². The summed E-state index contributed by atoms with van der Waals surface area (Å²) in [6.07, 6.45) is 6.66. The molecule has 0 radical (unpaired) electrons. The molecule has 0 amide bonds. The first-order valence-corrected chi connectivity index (χ1v) is 9.12. The third-order valence-corrected chi connectivity index (χ3v) is 3.40. The van der Waals surface area contributed by atoms with E-state index in [0.29, 0.717) is 17.0 Å². The number of carbonyl (C=O) groups is 1. The second-order valence-corrected chi connectivity index (χ2v) is 8.88. The number of azo groups is 1. The van der Waals surface area contributed by atoms with Crippen LogP contribution < -0.4 is 0 Å². The van der Waals surface area contributed by atoms with Crippen LogP contribution in [0, 0.1) is 0 Å². The number of ether oxygens (including phenoxy) is 1. The van der Waals surface area contributed by atoms with E-state index in [4.69, 9.17) is 26.7 Å². The average Bonchev–Trinajstić information content (AvgIpc) is 2.50. The molecule has 0 fully saturated rings. The van der Waals surface area contributed by atoms with Crippen molar-refractivity contribution in [2.24, 2.45) is 10.2 Å². The molecule has 1 aliphatic rings. The van der Waals surface area contributed by atoms with Crippen LogP contribution >= 0.6 is 12.2 Å². The van der Waals surface area contributed by atoms with Crippen molar-refractivity contribution in [3.63, 3.8) is 0 Å². The summed E-state index contributed by atoms with van der Waals surface area (Å²) in [5.41, 5.74) is -1.95. The Morgan fingerprint density at radius 2 is 1.81 bits per heavy atom. The molecule has 0 bridgehead atoms. The van der Waals surface area contributed by atoms with Crippen LogP contribution in [0.2, 0.25) is 0 Å². The molecule has 1 atom stereocenters. The number of nitrogens with zero attached hydrogens (tertiary/aromatic N) is 2. The van der Waals surface area contributed by atoms with Gasteiger partial charge in [-0.2, -0.15) is 10.0 Å². The monoisotopic (exact) mass is 382 g/mol. The van der Waals surface area contributed by atoms with Gasteiger partial charge in [0.15, 0.2) is 0 Å². The minimum atomic E-state index is -1.03. The van der Waals surface area contributed by atoms with Crippen LogP contribution in [0.5, 0.6) is 0 Å². The van der Waals surface area contributed by atoms with Gasteiger partial charge in [-0.15, -0.1) is 5.11 Å². The van der Waals surface area contributed by atoms with Gasteiger partial charge in [-0.05, 0) is 54.5 Å². The fourth-order valence-electron chi connectivity index (χ4n) is 1.78. The highest BCUT2D eigenvalue weighted by molar-refractivity contribution is 7.80. The molecule has 26 heavy (non-hydrogen) atoms. The fraction of sp³-hybridized carbons (Fsp3) is 0.684. The molecule has 0 aromatic rings. The van der Waals surface area contributed by atoms with E-state index in [1.54, 1.807) is 33.8 Å². The Balaban J connectivity index is 2.82. The van der Waals surface area contributed by atoms with E-state index in [0.717, 1.165) is 0 Å². The van der Waals surface area contributed by atoms with Crippen molar-refractivity contribution >= 4 is 23.1 Å². The van der Waals surface area contributed by atoms with Crippen LogP contribution in [-0.2, 0) is 19.3 Å². The lowest BCUT2D eigenvalue weighted by atomic mass is 10.1. The van der Waals surface area contributed by atoms with Crippen LogP contribution in [0.4, 0.5) is 0 Å². The SMILES string of the molecule is CC(C)(C)N=NC(C)(CCC(=O)OOC(C)(C)C)OC1=CC=CCC1=S. The van der Waals surface area contributed by atoms with Crippen LogP contribution in [0.15, 0.2) is 34.2 Å². The molecule has 6 nitrogen and oxygen atoms in total. The number of rotatable bonds is 7. The summed E-state index contributed by atoms with van der Waals surface area (Å²) in [6, 6.07) is 0. The van der Waals surface area contributed by atoms with Gasteiger partial charge in [-0.25, -0.2) is 4.79 Å². The van der Waals surface area contributed by atoms with Gasteiger partial charge in [0.05, 0.1) is 16.8 Å². The second-order valence-electron chi connectivity index (χ2n) is 8.39. The van der Waals surface area contributed by atoms with Gasteiger partial charge in [-0.3, -0.25) is 4.89 Å². The third-order valence-electron chi connectivity index (χ3n) is 3.03. The highest BCUT2D eigenvalue weighted by atomic mass is 32.1. The lowest BCUT2D eigenvalue weighted by Gasteiger charge is -2.28. The lowest BCUT2D eigenvalue weighted by molar-refractivity contribution is -0.320. The van der Waals surface area contributed by atoms with Crippen LogP contribution in [0.1, 0.15) is 67.7 Å². The Morgan fingerprint density at radius 1 is 1.15 bits per heavy atom.